The van der Waals surface area contributed by atoms with Crippen LogP contribution >= 0.6 is 11.6 Å². The monoisotopic (exact) mass is 445 g/mol. The highest BCUT2D eigenvalue weighted by atomic mass is 35.5. The highest BCUT2D eigenvalue weighted by Crippen LogP contribution is 2.32. The van der Waals surface area contributed by atoms with Gasteiger partial charge in [0.1, 0.15) is 6.10 Å². The van der Waals surface area contributed by atoms with Crippen LogP contribution in [-0.2, 0) is 14.3 Å². The molecule has 0 bridgehead atoms. The maximum atomic E-state index is 12.7. The van der Waals surface area contributed by atoms with Crippen LogP contribution in [0.4, 0.5) is 0 Å². The average Bonchev–Trinajstić information content (AvgIpc) is 3.30. The number of likely N-dealkylation sites (tertiary alicyclic amines) is 1. The van der Waals surface area contributed by atoms with Crippen molar-refractivity contribution in [3.05, 3.63) is 40.6 Å². The number of fused-ring (bicyclic) bond motifs is 1. The summed E-state index contributed by atoms with van der Waals surface area (Å²) < 4.78 is 6.01. The van der Waals surface area contributed by atoms with E-state index in [9.17, 15) is 9.59 Å². The summed E-state index contributed by atoms with van der Waals surface area (Å²) in [7, 11) is 0. The van der Waals surface area contributed by atoms with Crippen LogP contribution in [0.15, 0.2) is 30.0 Å². The number of carbonyl (C=O) groups is 2. The number of halogens is 1. The van der Waals surface area contributed by atoms with E-state index in [1.165, 1.54) is 25.9 Å². The quantitative estimate of drug-likeness (QED) is 0.659. The van der Waals surface area contributed by atoms with Crippen molar-refractivity contribution in [3.63, 3.8) is 0 Å². The molecule has 2 aliphatic heterocycles. The summed E-state index contributed by atoms with van der Waals surface area (Å²) in [6.07, 6.45) is 7.25. The Morgan fingerprint density at radius 3 is 2.87 bits per heavy atom. The Kier molecular flexibility index (Phi) is 7.18. The number of benzene rings is 1. The predicted octanol–water partition coefficient (Wildman–Crippen LogP) is 3.36. The van der Waals surface area contributed by atoms with Crippen molar-refractivity contribution in [2.24, 2.45) is 5.92 Å². The number of hydrogen-bond donors (Lipinski definition) is 2. The third-order valence-corrected chi connectivity index (χ3v) is 7.14. The van der Waals surface area contributed by atoms with Gasteiger partial charge in [-0.15, -0.1) is 0 Å². The van der Waals surface area contributed by atoms with Gasteiger partial charge in [0, 0.05) is 23.5 Å². The van der Waals surface area contributed by atoms with Gasteiger partial charge in [-0.25, -0.2) is 0 Å². The maximum absolute atomic E-state index is 12.7. The molecule has 6 nitrogen and oxygen atoms in total. The van der Waals surface area contributed by atoms with Gasteiger partial charge in [-0.3, -0.25) is 9.59 Å². The summed E-state index contributed by atoms with van der Waals surface area (Å²) in [5.41, 5.74) is 0.754. The van der Waals surface area contributed by atoms with Gasteiger partial charge in [-0.1, -0.05) is 29.8 Å². The van der Waals surface area contributed by atoms with Gasteiger partial charge in [0.2, 0.25) is 5.91 Å². The van der Waals surface area contributed by atoms with Crippen molar-refractivity contribution in [2.75, 3.05) is 19.6 Å². The average molecular weight is 446 g/mol. The molecule has 1 saturated carbocycles. The molecule has 4 unspecified atom stereocenters. The van der Waals surface area contributed by atoms with E-state index in [-0.39, 0.29) is 35.6 Å². The Balaban J connectivity index is 1.27. The molecule has 0 radical (unpaired) electrons. The SMILES string of the molecule is CC(CCNC(=O)C1CCC2O/C(=C\c3ccccc3Cl)C(=O)NC2C1)N1CCCC1. The fourth-order valence-corrected chi connectivity index (χ4v) is 5.07. The molecule has 0 spiro atoms. The number of ether oxygens (including phenoxy) is 1. The zero-order valence-corrected chi connectivity index (χ0v) is 18.9. The van der Waals surface area contributed by atoms with Crippen molar-refractivity contribution in [2.45, 2.75) is 63.6 Å². The van der Waals surface area contributed by atoms with Crippen LogP contribution in [0.2, 0.25) is 5.02 Å². The van der Waals surface area contributed by atoms with Crippen LogP contribution < -0.4 is 10.6 Å². The van der Waals surface area contributed by atoms with Gasteiger partial charge in [-0.05, 0) is 76.2 Å². The Bertz CT molecular complexity index is 837. The molecular formula is C24H32ClN3O3. The summed E-state index contributed by atoms with van der Waals surface area (Å²) >= 11 is 6.20. The van der Waals surface area contributed by atoms with Gasteiger partial charge in [0.05, 0.1) is 6.04 Å². The number of carbonyl (C=O) groups excluding carboxylic acids is 2. The van der Waals surface area contributed by atoms with E-state index in [1.807, 2.05) is 18.2 Å². The summed E-state index contributed by atoms with van der Waals surface area (Å²) in [5, 5.41) is 6.74. The second-order valence-corrected chi connectivity index (χ2v) is 9.36. The number of nitrogens with one attached hydrogen (secondary N) is 2. The van der Waals surface area contributed by atoms with Crippen LogP contribution in [0.5, 0.6) is 0 Å². The van der Waals surface area contributed by atoms with Crippen molar-refractivity contribution in [3.8, 4) is 0 Å². The molecular weight excluding hydrogens is 414 g/mol. The third-order valence-electron chi connectivity index (χ3n) is 6.79. The first-order valence-corrected chi connectivity index (χ1v) is 11.8. The molecule has 1 aromatic carbocycles. The Morgan fingerprint density at radius 2 is 2.10 bits per heavy atom. The molecule has 31 heavy (non-hydrogen) atoms. The zero-order chi connectivity index (χ0) is 21.8. The highest BCUT2D eigenvalue weighted by Gasteiger charge is 2.40. The lowest BCUT2D eigenvalue weighted by Gasteiger charge is -2.39. The Hall–Kier alpha value is -2.05. The summed E-state index contributed by atoms with van der Waals surface area (Å²) in [6.45, 7) is 5.29. The van der Waals surface area contributed by atoms with E-state index in [0.717, 1.165) is 24.8 Å². The van der Waals surface area contributed by atoms with Crippen molar-refractivity contribution >= 4 is 29.5 Å². The molecule has 1 aromatic rings. The van der Waals surface area contributed by atoms with E-state index in [2.05, 4.69) is 22.5 Å². The standard InChI is InChI=1S/C24H32ClN3O3/c1-16(28-12-4-5-13-28)10-11-26-23(29)18-8-9-21-20(14-18)27-24(30)22(31-21)15-17-6-2-3-7-19(17)25/h2-3,6-7,15-16,18,20-21H,4-5,8-14H2,1H3,(H,26,29)(H,27,30)/b22-15-. The van der Waals surface area contributed by atoms with Gasteiger partial charge in [-0.2, -0.15) is 0 Å². The molecule has 3 aliphatic rings. The van der Waals surface area contributed by atoms with Gasteiger partial charge in [0.15, 0.2) is 5.76 Å². The fraction of sp³-hybridized carbons (Fsp3) is 0.583. The van der Waals surface area contributed by atoms with Crippen LogP contribution in [0.3, 0.4) is 0 Å². The summed E-state index contributed by atoms with van der Waals surface area (Å²) in [4.78, 5) is 27.8. The Labute approximate surface area is 189 Å². The highest BCUT2D eigenvalue weighted by molar-refractivity contribution is 6.32. The topological polar surface area (TPSA) is 70.7 Å². The summed E-state index contributed by atoms with van der Waals surface area (Å²) in [5.74, 6) is 0.0508. The number of rotatable bonds is 6. The maximum Gasteiger partial charge on any atom is 0.286 e. The molecule has 168 valence electrons. The second kappa shape index (κ2) is 10.0. The molecule has 2 heterocycles. The van der Waals surface area contributed by atoms with Crippen LogP contribution in [0, 0.1) is 5.92 Å². The van der Waals surface area contributed by atoms with Crippen LogP contribution in [-0.4, -0.2) is 54.5 Å². The lowest BCUT2D eigenvalue weighted by molar-refractivity contribution is -0.134. The van der Waals surface area contributed by atoms with E-state index in [1.54, 1.807) is 12.1 Å². The zero-order valence-electron chi connectivity index (χ0n) is 18.1. The molecule has 4 rings (SSSR count). The first-order chi connectivity index (χ1) is 15.0. The Morgan fingerprint density at radius 1 is 1.32 bits per heavy atom. The molecule has 0 aromatic heterocycles. The van der Waals surface area contributed by atoms with Crippen molar-refractivity contribution in [1.82, 2.24) is 15.5 Å². The van der Waals surface area contributed by atoms with Gasteiger partial charge in [0.25, 0.3) is 5.91 Å². The van der Waals surface area contributed by atoms with E-state index in [0.29, 0.717) is 24.0 Å². The van der Waals surface area contributed by atoms with Gasteiger partial charge >= 0.3 is 0 Å². The molecule has 2 amide bonds. The van der Waals surface area contributed by atoms with E-state index in [4.69, 9.17) is 16.3 Å². The largest absolute Gasteiger partial charge is 0.483 e. The fourth-order valence-electron chi connectivity index (χ4n) is 4.88. The lowest BCUT2D eigenvalue weighted by atomic mass is 9.82. The van der Waals surface area contributed by atoms with E-state index >= 15 is 0 Å². The minimum atomic E-state index is -0.248. The molecule has 2 saturated heterocycles. The number of nitrogens with zero attached hydrogens (tertiary/aromatic N) is 1. The van der Waals surface area contributed by atoms with E-state index < -0.39 is 0 Å². The first-order valence-electron chi connectivity index (χ1n) is 11.5. The smallest absolute Gasteiger partial charge is 0.286 e. The number of morpholine rings is 1. The lowest BCUT2D eigenvalue weighted by Crippen LogP contribution is -2.54. The van der Waals surface area contributed by atoms with Crippen LogP contribution in [0.1, 0.15) is 51.0 Å². The molecule has 2 N–H and O–H groups in total. The predicted molar refractivity (Wildman–Crippen MR) is 121 cm³/mol. The first kappa shape index (κ1) is 22.2. The molecule has 1 aliphatic carbocycles. The number of amides is 2. The summed E-state index contributed by atoms with van der Waals surface area (Å²) in [6, 6.07) is 7.73. The van der Waals surface area contributed by atoms with Crippen LogP contribution in [0.25, 0.3) is 6.08 Å². The molecule has 4 atom stereocenters. The van der Waals surface area contributed by atoms with Crippen molar-refractivity contribution < 1.29 is 14.3 Å². The molecule has 3 fully saturated rings. The minimum absolute atomic E-state index is 0.0821. The number of hydrogen-bond acceptors (Lipinski definition) is 4. The molecule has 7 heteroatoms. The van der Waals surface area contributed by atoms with Crippen molar-refractivity contribution in [1.29, 1.82) is 0 Å². The second-order valence-electron chi connectivity index (χ2n) is 8.95. The normalized spacial score (nSPS) is 28.5. The third kappa shape index (κ3) is 5.42. The van der Waals surface area contributed by atoms with Gasteiger partial charge < -0.3 is 20.3 Å². The minimum Gasteiger partial charge on any atom is -0.483 e.